The molecule has 1 aromatic heterocycles. The number of aromatic nitrogens is 1. The lowest BCUT2D eigenvalue weighted by atomic mass is 10.1. The van der Waals surface area contributed by atoms with E-state index in [4.69, 9.17) is 4.74 Å². The number of aryl methyl sites for hydroxylation is 1. The van der Waals surface area contributed by atoms with Gasteiger partial charge in [-0.1, -0.05) is 48.0 Å². The maximum absolute atomic E-state index is 12.6. The Balaban J connectivity index is 1.49. The van der Waals surface area contributed by atoms with Crippen LogP contribution in [0.3, 0.4) is 0 Å². The topological polar surface area (TPSA) is 63.9 Å². The van der Waals surface area contributed by atoms with Gasteiger partial charge in [0.15, 0.2) is 6.61 Å². The molecule has 2 heterocycles. The van der Waals surface area contributed by atoms with Gasteiger partial charge < -0.3 is 14.2 Å². The van der Waals surface area contributed by atoms with Gasteiger partial charge in [0.2, 0.25) is 5.91 Å². The summed E-state index contributed by atoms with van der Waals surface area (Å²) in [5, 5.41) is 0. The second-order valence-corrected chi connectivity index (χ2v) is 7.23. The first-order valence-corrected chi connectivity index (χ1v) is 9.91. The van der Waals surface area contributed by atoms with E-state index in [1.807, 2.05) is 53.2 Å². The van der Waals surface area contributed by atoms with E-state index in [1.165, 1.54) is 5.56 Å². The van der Waals surface area contributed by atoms with Gasteiger partial charge in [-0.15, -0.1) is 0 Å². The van der Waals surface area contributed by atoms with Crippen molar-refractivity contribution in [3.63, 3.8) is 0 Å². The minimum atomic E-state index is -0.268. The number of hydrogen-bond acceptors (Lipinski definition) is 3. The molecule has 1 aliphatic heterocycles. The predicted octanol–water partition coefficient (Wildman–Crippen LogP) is 3.09. The fraction of sp³-hybridized carbons (Fsp3) is 0.208. The zero-order valence-electron chi connectivity index (χ0n) is 16.8. The van der Waals surface area contributed by atoms with Gasteiger partial charge in [0.1, 0.15) is 11.2 Å². The van der Waals surface area contributed by atoms with Crippen molar-refractivity contribution in [1.82, 2.24) is 4.57 Å². The number of benzene rings is 2. The van der Waals surface area contributed by atoms with Crippen LogP contribution in [0.25, 0.3) is 0 Å². The molecule has 0 saturated heterocycles. The molecule has 0 aliphatic carbocycles. The van der Waals surface area contributed by atoms with Gasteiger partial charge in [-0.2, -0.15) is 4.99 Å². The van der Waals surface area contributed by atoms with Crippen LogP contribution in [0.4, 0.5) is 5.69 Å². The number of carbonyl (C=O) groups excluding carboxylic acids is 2. The quantitative estimate of drug-likeness (QED) is 0.660. The van der Waals surface area contributed by atoms with Gasteiger partial charge in [0, 0.05) is 25.7 Å². The molecule has 0 atom stereocenters. The number of carbonyl (C=O) groups is 2. The molecule has 0 unspecified atom stereocenters. The van der Waals surface area contributed by atoms with E-state index >= 15 is 0 Å². The summed E-state index contributed by atoms with van der Waals surface area (Å²) in [6.45, 7) is 2.93. The van der Waals surface area contributed by atoms with Crippen LogP contribution in [-0.2, 0) is 16.1 Å². The minimum Gasteiger partial charge on any atom is -0.482 e. The zero-order chi connectivity index (χ0) is 20.9. The lowest BCUT2D eigenvalue weighted by molar-refractivity contribution is -0.121. The molecular formula is C24H23N3O3. The predicted molar refractivity (Wildman–Crippen MR) is 114 cm³/mol. The van der Waals surface area contributed by atoms with Crippen LogP contribution in [0.5, 0.6) is 5.75 Å². The van der Waals surface area contributed by atoms with Crippen LogP contribution in [-0.4, -0.2) is 29.5 Å². The van der Waals surface area contributed by atoms with Gasteiger partial charge in [0.25, 0.3) is 5.91 Å². The lowest BCUT2D eigenvalue weighted by Crippen LogP contribution is -2.40. The Morgan fingerprint density at radius 2 is 1.80 bits per heavy atom. The number of nitrogens with zero attached hydrogens (tertiary/aromatic N) is 3. The second kappa shape index (κ2) is 8.78. The Bertz CT molecular complexity index is 1130. The third kappa shape index (κ3) is 4.49. The SMILES string of the molecule is Cc1ccc(Cn2ccccc2=NC(=O)CCN2C(=O)COc3ccccc32)cc1. The molecule has 0 radical (unpaired) electrons. The van der Waals surface area contributed by atoms with E-state index in [1.54, 1.807) is 4.90 Å². The first-order chi connectivity index (χ1) is 14.6. The molecule has 0 bridgehead atoms. The first-order valence-electron chi connectivity index (χ1n) is 9.91. The highest BCUT2D eigenvalue weighted by atomic mass is 16.5. The molecule has 6 nitrogen and oxygen atoms in total. The van der Waals surface area contributed by atoms with Crippen LogP contribution < -0.4 is 15.1 Å². The highest BCUT2D eigenvalue weighted by Crippen LogP contribution is 2.31. The monoisotopic (exact) mass is 401 g/mol. The van der Waals surface area contributed by atoms with Crippen molar-refractivity contribution in [2.45, 2.75) is 19.9 Å². The maximum atomic E-state index is 12.6. The molecule has 1 aliphatic rings. The summed E-state index contributed by atoms with van der Waals surface area (Å²) in [7, 11) is 0. The molecule has 30 heavy (non-hydrogen) atoms. The average Bonchev–Trinajstić information content (AvgIpc) is 2.76. The summed E-state index contributed by atoms with van der Waals surface area (Å²) in [6.07, 6.45) is 2.05. The normalized spacial score (nSPS) is 13.7. The first kappa shape index (κ1) is 19.6. The highest BCUT2D eigenvalue weighted by Gasteiger charge is 2.25. The van der Waals surface area contributed by atoms with Crippen LogP contribution in [0, 0.1) is 6.92 Å². The summed E-state index contributed by atoms with van der Waals surface area (Å²) in [5.74, 6) is 0.228. The van der Waals surface area contributed by atoms with E-state index in [0.29, 0.717) is 23.5 Å². The standard InChI is InChI=1S/C24H23N3O3/c1-18-9-11-19(12-10-18)16-26-14-5-4-8-22(26)25-23(28)13-15-27-20-6-2-3-7-21(20)30-17-24(27)29/h2-12,14H,13,15-17H2,1H3. The molecule has 2 aromatic carbocycles. The molecule has 6 heteroatoms. The Morgan fingerprint density at radius 3 is 2.63 bits per heavy atom. The lowest BCUT2D eigenvalue weighted by Gasteiger charge is -2.28. The van der Waals surface area contributed by atoms with Crippen LogP contribution >= 0.6 is 0 Å². The van der Waals surface area contributed by atoms with Crippen molar-refractivity contribution in [2.75, 3.05) is 18.1 Å². The fourth-order valence-corrected chi connectivity index (χ4v) is 3.38. The fourth-order valence-electron chi connectivity index (χ4n) is 3.38. The average molecular weight is 401 g/mol. The summed E-state index contributed by atoms with van der Waals surface area (Å²) in [6, 6.07) is 21.2. The second-order valence-electron chi connectivity index (χ2n) is 7.23. The number of anilines is 1. The number of fused-ring (bicyclic) bond motifs is 1. The number of para-hydroxylation sites is 2. The smallest absolute Gasteiger partial charge is 0.265 e. The summed E-state index contributed by atoms with van der Waals surface area (Å²) in [5.41, 5.74) is 3.62. The molecule has 2 amide bonds. The maximum Gasteiger partial charge on any atom is 0.265 e. The summed E-state index contributed by atoms with van der Waals surface area (Å²) in [4.78, 5) is 30.7. The van der Waals surface area contributed by atoms with Crippen molar-refractivity contribution in [1.29, 1.82) is 0 Å². The third-order valence-corrected chi connectivity index (χ3v) is 4.99. The number of hydrogen-bond donors (Lipinski definition) is 0. The van der Waals surface area contributed by atoms with Crippen molar-refractivity contribution in [2.24, 2.45) is 4.99 Å². The minimum absolute atomic E-state index is 0.0163. The van der Waals surface area contributed by atoms with Gasteiger partial charge in [-0.3, -0.25) is 9.59 Å². The highest BCUT2D eigenvalue weighted by molar-refractivity contribution is 5.98. The molecule has 0 saturated carbocycles. The van der Waals surface area contributed by atoms with Crippen molar-refractivity contribution in [3.05, 3.63) is 89.5 Å². The molecular weight excluding hydrogens is 378 g/mol. The molecule has 0 N–H and O–H groups in total. The Labute approximate surface area is 175 Å². The molecule has 4 rings (SSSR count). The number of ether oxygens (including phenoxy) is 1. The van der Waals surface area contributed by atoms with E-state index < -0.39 is 0 Å². The van der Waals surface area contributed by atoms with E-state index in [2.05, 4.69) is 36.2 Å². The van der Waals surface area contributed by atoms with Crippen LogP contribution in [0.2, 0.25) is 0 Å². The van der Waals surface area contributed by atoms with Crippen molar-refractivity contribution < 1.29 is 14.3 Å². The Hall–Kier alpha value is -3.67. The molecule has 0 spiro atoms. The Morgan fingerprint density at radius 1 is 1.03 bits per heavy atom. The van der Waals surface area contributed by atoms with Gasteiger partial charge in [-0.25, -0.2) is 0 Å². The van der Waals surface area contributed by atoms with Crippen LogP contribution in [0.15, 0.2) is 77.9 Å². The van der Waals surface area contributed by atoms with Crippen molar-refractivity contribution >= 4 is 17.5 Å². The van der Waals surface area contributed by atoms with Gasteiger partial charge in [0.05, 0.1) is 5.69 Å². The zero-order valence-corrected chi connectivity index (χ0v) is 16.8. The summed E-state index contributed by atoms with van der Waals surface area (Å²) < 4.78 is 7.39. The van der Waals surface area contributed by atoms with E-state index in [9.17, 15) is 9.59 Å². The number of pyridine rings is 1. The number of rotatable bonds is 5. The van der Waals surface area contributed by atoms with Gasteiger partial charge >= 0.3 is 0 Å². The van der Waals surface area contributed by atoms with E-state index in [0.717, 1.165) is 5.56 Å². The van der Waals surface area contributed by atoms with Gasteiger partial charge in [-0.05, 0) is 36.8 Å². The number of amides is 2. The third-order valence-electron chi connectivity index (χ3n) is 4.99. The molecule has 0 fully saturated rings. The summed E-state index contributed by atoms with van der Waals surface area (Å²) >= 11 is 0. The molecule has 152 valence electrons. The largest absolute Gasteiger partial charge is 0.482 e. The van der Waals surface area contributed by atoms with Crippen LogP contribution in [0.1, 0.15) is 17.5 Å². The van der Waals surface area contributed by atoms with Crippen molar-refractivity contribution in [3.8, 4) is 5.75 Å². The van der Waals surface area contributed by atoms with E-state index in [-0.39, 0.29) is 31.4 Å². The molecule has 3 aromatic rings. The Kier molecular flexibility index (Phi) is 5.75.